The monoisotopic (exact) mass is 339 g/mol. The number of aromatic nitrogens is 2. The number of carbonyl (C=O) groups excluding carboxylic acids is 1. The predicted octanol–water partition coefficient (Wildman–Crippen LogP) is 3.66. The molecule has 3 aromatic rings. The van der Waals surface area contributed by atoms with Crippen LogP contribution in [0.25, 0.3) is 5.69 Å². The van der Waals surface area contributed by atoms with E-state index in [0.717, 1.165) is 29.8 Å². The molecule has 1 aromatic heterocycles. The first-order chi connectivity index (χ1) is 12.1. The molecule has 0 unspecified atom stereocenters. The quantitative estimate of drug-likeness (QED) is 0.715. The van der Waals surface area contributed by atoms with Gasteiger partial charge in [-0.05, 0) is 37.1 Å². The fourth-order valence-electron chi connectivity index (χ4n) is 3.21. The lowest BCUT2D eigenvalue weighted by atomic mass is 10.1. The van der Waals surface area contributed by atoms with Gasteiger partial charge in [-0.2, -0.15) is 5.10 Å². The van der Waals surface area contributed by atoms with Gasteiger partial charge in [0.2, 0.25) is 0 Å². The Balaban J connectivity index is 1.71. The van der Waals surface area contributed by atoms with Crippen LogP contribution in [0, 0.1) is 18.6 Å². The van der Waals surface area contributed by atoms with E-state index < -0.39 is 11.6 Å². The van der Waals surface area contributed by atoms with Crippen molar-refractivity contribution in [3.63, 3.8) is 0 Å². The molecule has 0 aliphatic carbocycles. The molecule has 4 nitrogen and oxygen atoms in total. The standard InChI is InChI=1S/C19H15F2N3O/c1-12-15(11-22-24(12)18-7-6-14(20)10-16(18)21)19(25)23-9-8-13-4-2-3-5-17(13)23/h2-7,10-11H,8-9H2,1H3. The van der Waals surface area contributed by atoms with Crippen molar-refractivity contribution in [3.05, 3.63) is 77.1 Å². The molecular formula is C19H15F2N3O. The van der Waals surface area contributed by atoms with Gasteiger partial charge < -0.3 is 4.90 Å². The first-order valence-electron chi connectivity index (χ1n) is 7.96. The van der Waals surface area contributed by atoms with Crippen LogP contribution in [0.4, 0.5) is 14.5 Å². The van der Waals surface area contributed by atoms with Crippen LogP contribution >= 0.6 is 0 Å². The Kier molecular flexibility index (Phi) is 3.60. The zero-order valence-electron chi connectivity index (χ0n) is 13.5. The van der Waals surface area contributed by atoms with Gasteiger partial charge in [0.05, 0.1) is 17.5 Å². The zero-order chi connectivity index (χ0) is 17.6. The third-order valence-corrected chi connectivity index (χ3v) is 4.51. The van der Waals surface area contributed by atoms with Gasteiger partial charge >= 0.3 is 0 Å². The van der Waals surface area contributed by atoms with Gasteiger partial charge in [0.25, 0.3) is 5.91 Å². The smallest absolute Gasteiger partial charge is 0.261 e. The van der Waals surface area contributed by atoms with E-state index in [1.807, 2.05) is 24.3 Å². The van der Waals surface area contributed by atoms with E-state index in [0.29, 0.717) is 17.8 Å². The van der Waals surface area contributed by atoms with Gasteiger partial charge in [-0.1, -0.05) is 18.2 Å². The Hall–Kier alpha value is -3.02. The molecule has 2 heterocycles. The Morgan fingerprint density at radius 3 is 2.72 bits per heavy atom. The van der Waals surface area contributed by atoms with E-state index >= 15 is 0 Å². The number of benzene rings is 2. The summed E-state index contributed by atoms with van der Waals surface area (Å²) in [6, 6.07) is 11.0. The summed E-state index contributed by atoms with van der Waals surface area (Å²) < 4.78 is 28.5. The first kappa shape index (κ1) is 15.5. The highest BCUT2D eigenvalue weighted by molar-refractivity contribution is 6.07. The SMILES string of the molecule is Cc1c(C(=O)N2CCc3ccccc32)cnn1-c1ccc(F)cc1F. The Morgan fingerprint density at radius 1 is 1.12 bits per heavy atom. The van der Waals surface area contributed by atoms with Gasteiger partial charge in [0.15, 0.2) is 5.82 Å². The topological polar surface area (TPSA) is 38.1 Å². The van der Waals surface area contributed by atoms with E-state index in [9.17, 15) is 13.6 Å². The van der Waals surface area contributed by atoms with Crippen LogP contribution in [0.3, 0.4) is 0 Å². The summed E-state index contributed by atoms with van der Waals surface area (Å²) in [6.45, 7) is 2.30. The van der Waals surface area contributed by atoms with E-state index in [1.54, 1.807) is 11.8 Å². The molecule has 0 atom stereocenters. The van der Waals surface area contributed by atoms with Crippen molar-refractivity contribution in [1.82, 2.24) is 9.78 Å². The van der Waals surface area contributed by atoms with Crippen LogP contribution in [0.5, 0.6) is 0 Å². The minimum Gasteiger partial charge on any atom is -0.308 e. The lowest BCUT2D eigenvalue weighted by Crippen LogP contribution is -2.29. The highest BCUT2D eigenvalue weighted by Crippen LogP contribution is 2.29. The highest BCUT2D eigenvalue weighted by Gasteiger charge is 2.28. The fourth-order valence-corrected chi connectivity index (χ4v) is 3.21. The second-order valence-corrected chi connectivity index (χ2v) is 5.99. The lowest BCUT2D eigenvalue weighted by molar-refractivity contribution is 0.0988. The number of anilines is 1. The molecule has 0 fully saturated rings. The third kappa shape index (κ3) is 2.50. The van der Waals surface area contributed by atoms with Gasteiger partial charge in [-0.3, -0.25) is 4.79 Å². The predicted molar refractivity (Wildman–Crippen MR) is 90.0 cm³/mol. The number of hydrogen-bond donors (Lipinski definition) is 0. The van der Waals surface area contributed by atoms with Crippen molar-refractivity contribution in [1.29, 1.82) is 0 Å². The minimum atomic E-state index is -0.725. The van der Waals surface area contributed by atoms with Crippen molar-refractivity contribution < 1.29 is 13.6 Å². The first-order valence-corrected chi connectivity index (χ1v) is 7.96. The maximum atomic E-state index is 14.0. The number of nitrogens with zero attached hydrogens (tertiary/aromatic N) is 3. The summed E-state index contributed by atoms with van der Waals surface area (Å²) >= 11 is 0. The third-order valence-electron chi connectivity index (χ3n) is 4.51. The van der Waals surface area contributed by atoms with E-state index in [4.69, 9.17) is 0 Å². The van der Waals surface area contributed by atoms with E-state index in [1.165, 1.54) is 16.9 Å². The number of carbonyl (C=O) groups is 1. The summed E-state index contributed by atoms with van der Waals surface area (Å²) in [5.41, 5.74) is 3.05. The Bertz CT molecular complexity index is 981. The number of halogens is 2. The summed E-state index contributed by atoms with van der Waals surface area (Å²) in [7, 11) is 0. The molecular weight excluding hydrogens is 324 g/mol. The van der Waals surface area contributed by atoms with Crippen LogP contribution in [0.2, 0.25) is 0 Å². The molecule has 1 aliphatic rings. The van der Waals surface area contributed by atoms with E-state index in [2.05, 4.69) is 5.10 Å². The van der Waals surface area contributed by atoms with Crippen LogP contribution in [0.15, 0.2) is 48.7 Å². The molecule has 0 radical (unpaired) electrons. The molecule has 1 amide bonds. The molecule has 6 heteroatoms. The van der Waals surface area contributed by atoms with Crippen LogP contribution in [-0.4, -0.2) is 22.2 Å². The molecule has 0 spiro atoms. The molecule has 0 saturated heterocycles. The maximum Gasteiger partial charge on any atom is 0.261 e. The summed E-state index contributed by atoms with van der Waals surface area (Å²) in [5.74, 6) is -1.55. The van der Waals surface area contributed by atoms with Crippen molar-refractivity contribution in [3.8, 4) is 5.69 Å². The maximum absolute atomic E-state index is 14.0. The zero-order valence-corrected chi connectivity index (χ0v) is 13.5. The van der Waals surface area contributed by atoms with Crippen molar-refractivity contribution >= 4 is 11.6 Å². The number of fused-ring (bicyclic) bond motifs is 1. The fraction of sp³-hybridized carbons (Fsp3) is 0.158. The average Bonchev–Trinajstić information content (AvgIpc) is 3.18. The molecule has 0 bridgehead atoms. The Labute approximate surface area is 143 Å². The van der Waals surface area contributed by atoms with E-state index in [-0.39, 0.29) is 11.6 Å². The highest BCUT2D eigenvalue weighted by atomic mass is 19.1. The van der Waals surface area contributed by atoms with Crippen molar-refractivity contribution in [2.45, 2.75) is 13.3 Å². The molecule has 0 N–H and O–H groups in total. The summed E-state index contributed by atoms with van der Waals surface area (Å²) in [4.78, 5) is 14.6. The van der Waals surface area contributed by atoms with Gasteiger partial charge in [-0.25, -0.2) is 13.5 Å². The molecule has 0 saturated carbocycles. The molecule has 126 valence electrons. The number of hydrogen-bond acceptors (Lipinski definition) is 2. The van der Waals surface area contributed by atoms with Crippen LogP contribution in [-0.2, 0) is 6.42 Å². The van der Waals surface area contributed by atoms with Gasteiger partial charge in [0, 0.05) is 18.3 Å². The number of para-hydroxylation sites is 1. The second-order valence-electron chi connectivity index (χ2n) is 5.99. The second kappa shape index (κ2) is 5.81. The summed E-state index contributed by atoms with van der Waals surface area (Å²) in [5, 5.41) is 4.13. The largest absolute Gasteiger partial charge is 0.308 e. The van der Waals surface area contributed by atoms with Gasteiger partial charge in [0.1, 0.15) is 11.5 Å². The van der Waals surface area contributed by atoms with Crippen molar-refractivity contribution in [2.75, 3.05) is 11.4 Å². The summed E-state index contributed by atoms with van der Waals surface area (Å²) in [6.07, 6.45) is 2.24. The molecule has 2 aromatic carbocycles. The van der Waals surface area contributed by atoms with Gasteiger partial charge in [-0.15, -0.1) is 0 Å². The average molecular weight is 339 g/mol. The number of amides is 1. The van der Waals surface area contributed by atoms with Crippen LogP contribution < -0.4 is 4.90 Å². The van der Waals surface area contributed by atoms with Crippen LogP contribution in [0.1, 0.15) is 21.6 Å². The molecule has 4 rings (SSSR count). The minimum absolute atomic E-state index is 0.111. The normalized spacial score (nSPS) is 13.2. The number of rotatable bonds is 2. The van der Waals surface area contributed by atoms with Crippen molar-refractivity contribution in [2.24, 2.45) is 0 Å². The Morgan fingerprint density at radius 2 is 1.92 bits per heavy atom. The molecule has 1 aliphatic heterocycles. The lowest BCUT2D eigenvalue weighted by Gasteiger charge is -2.17. The molecule has 25 heavy (non-hydrogen) atoms.